The molecule has 0 aliphatic carbocycles. The lowest BCUT2D eigenvalue weighted by Gasteiger charge is -2.15. The maximum Gasteiger partial charge on any atom is 0.296 e. The molecule has 0 unspecified atom stereocenters. The lowest BCUT2D eigenvalue weighted by Crippen LogP contribution is -2.08. The number of azo groups is 1. The lowest BCUT2D eigenvalue weighted by molar-refractivity contribution is -0.432. The number of aromatic hydroxyl groups is 1. The van der Waals surface area contributed by atoms with Crippen molar-refractivity contribution < 1.29 is 47.3 Å². The highest BCUT2D eigenvalue weighted by Gasteiger charge is 2.19. The van der Waals surface area contributed by atoms with Gasteiger partial charge < -0.3 is 10.0 Å². The molecule has 0 aliphatic rings. The van der Waals surface area contributed by atoms with E-state index in [9.17, 15) is 18.1 Å². The Bertz CT molecular complexity index is 1320. The van der Waals surface area contributed by atoms with Gasteiger partial charge in [0, 0.05) is 30.1 Å². The van der Waals surface area contributed by atoms with Crippen LogP contribution in [0.1, 0.15) is 0 Å². The van der Waals surface area contributed by atoms with Crippen molar-refractivity contribution in [1.82, 2.24) is 0 Å². The maximum atomic E-state index is 11.8. The van der Waals surface area contributed by atoms with Gasteiger partial charge in [-0.2, -0.15) is 8.42 Å². The first-order valence-corrected chi connectivity index (χ1v) is 11.9. The van der Waals surface area contributed by atoms with E-state index in [0.717, 1.165) is 11.8 Å². The van der Waals surface area contributed by atoms with E-state index in [1.54, 1.807) is 24.3 Å². The molecule has 34 heavy (non-hydrogen) atoms. The van der Waals surface area contributed by atoms with E-state index in [2.05, 4.69) is 29.0 Å². The Morgan fingerprint density at radius 2 is 1.65 bits per heavy atom. The third-order valence-electron chi connectivity index (χ3n) is 4.33. The number of benzene rings is 3. The van der Waals surface area contributed by atoms with E-state index < -0.39 is 15.0 Å². The lowest BCUT2D eigenvalue weighted by atomic mass is 10.1. The molecule has 0 heterocycles. The van der Waals surface area contributed by atoms with Gasteiger partial charge in [0.05, 0.1) is 29.0 Å². The number of phenolic OH excluding ortho intramolecular Hbond substituents is 1. The van der Waals surface area contributed by atoms with Crippen molar-refractivity contribution in [2.45, 2.75) is 14.7 Å². The molecule has 0 aliphatic heterocycles. The summed E-state index contributed by atoms with van der Waals surface area (Å²) < 4.78 is 41.8. The summed E-state index contributed by atoms with van der Waals surface area (Å²) in [5, 5.41) is 43.7. The molecule has 0 spiro atoms. The second-order valence-electron chi connectivity index (χ2n) is 6.63. The second kappa shape index (κ2) is 11.3. The van der Waals surface area contributed by atoms with Gasteiger partial charge >= 0.3 is 0 Å². The van der Waals surface area contributed by atoms with E-state index in [0.29, 0.717) is 34.9 Å². The summed E-state index contributed by atoms with van der Waals surface area (Å²) in [6.07, 6.45) is 0. The van der Waals surface area contributed by atoms with E-state index >= 15 is 0 Å². The highest BCUT2D eigenvalue weighted by Crippen LogP contribution is 2.45. The first kappa shape index (κ1) is 26.1. The molecule has 0 atom stereocenters. The molecule has 13 nitrogen and oxygen atoms in total. The van der Waals surface area contributed by atoms with Gasteiger partial charge in [0.2, 0.25) is 0 Å². The van der Waals surface area contributed by atoms with Crippen LogP contribution in [-0.4, -0.2) is 42.7 Å². The number of anilines is 1. The first-order valence-electron chi connectivity index (χ1n) is 8.95. The van der Waals surface area contributed by atoms with E-state index in [1.807, 2.05) is 19.0 Å². The molecule has 4 N–H and O–H groups in total. The van der Waals surface area contributed by atoms with Crippen LogP contribution >= 0.6 is 24.1 Å². The van der Waals surface area contributed by atoms with Gasteiger partial charge in [0.15, 0.2) is 5.75 Å². The van der Waals surface area contributed by atoms with E-state index in [1.165, 1.54) is 12.1 Å². The Morgan fingerprint density at radius 1 is 0.941 bits per heavy atom. The Kier molecular flexibility index (Phi) is 8.66. The third-order valence-corrected chi connectivity index (χ3v) is 6.43. The molecule has 182 valence electrons. The summed E-state index contributed by atoms with van der Waals surface area (Å²) in [6, 6.07) is 10.3. The van der Waals surface area contributed by atoms with Crippen molar-refractivity contribution in [2.24, 2.45) is 10.2 Å². The van der Waals surface area contributed by atoms with Crippen molar-refractivity contribution in [3.63, 3.8) is 0 Å². The normalized spacial score (nSPS) is 12.0. The molecular formula is C18H17N3O10S3. The number of hydrogen-bond acceptors (Lipinski definition) is 14. The van der Waals surface area contributed by atoms with Crippen LogP contribution in [0.2, 0.25) is 0 Å². The molecule has 3 rings (SSSR count). The highest BCUT2D eigenvalue weighted by atomic mass is 32.2. The van der Waals surface area contributed by atoms with Crippen LogP contribution in [0.4, 0.5) is 17.1 Å². The smallest absolute Gasteiger partial charge is 0.296 e. The summed E-state index contributed by atoms with van der Waals surface area (Å²) in [7, 11) is -0.999. The number of nitrogens with zero attached hydrogens (tertiary/aromatic N) is 3. The minimum absolute atomic E-state index is 0.138. The summed E-state index contributed by atoms with van der Waals surface area (Å²) in [5.74, 6) is -0.313. The molecule has 0 fully saturated rings. The molecule has 0 saturated heterocycles. The zero-order valence-electron chi connectivity index (χ0n) is 17.3. The van der Waals surface area contributed by atoms with E-state index in [4.69, 9.17) is 10.5 Å². The largest absolute Gasteiger partial charge is 0.505 e. The number of phenols is 1. The van der Waals surface area contributed by atoms with Crippen LogP contribution in [0.15, 0.2) is 67.4 Å². The van der Waals surface area contributed by atoms with Gasteiger partial charge in [-0.05, 0) is 47.9 Å². The first-order chi connectivity index (χ1) is 16.2. The molecule has 0 amide bonds. The Hall–Kier alpha value is -2.51. The van der Waals surface area contributed by atoms with Crippen molar-refractivity contribution in [3.8, 4) is 5.75 Å². The van der Waals surface area contributed by atoms with Crippen LogP contribution in [0.25, 0.3) is 10.8 Å². The van der Waals surface area contributed by atoms with E-state index in [-0.39, 0.29) is 26.9 Å². The minimum Gasteiger partial charge on any atom is -0.505 e. The van der Waals surface area contributed by atoms with Crippen molar-refractivity contribution in [2.75, 3.05) is 19.0 Å². The molecule has 0 bridgehead atoms. The second-order valence-corrected chi connectivity index (χ2v) is 9.53. The summed E-state index contributed by atoms with van der Waals surface area (Å²) in [6.45, 7) is 0. The summed E-state index contributed by atoms with van der Waals surface area (Å²) in [4.78, 5) is 1.68. The van der Waals surface area contributed by atoms with Gasteiger partial charge in [0.1, 0.15) is 16.3 Å². The SMILES string of the molecule is CN(C)c1ccc2c(O)c(N=Nc3cc(SOOO)ccc3S(=O)(=O)O)c(SOOO)cc2c1. The molecular weight excluding hydrogens is 514 g/mol. The quantitative estimate of drug-likeness (QED) is 0.0889. The van der Waals surface area contributed by atoms with Crippen molar-refractivity contribution >= 4 is 62.0 Å². The van der Waals surface area contributed by atoms with Crippen LogP contribution < -0.4 is 4.90 Å². The minimum atomic E-state index is -4.69. The molecule has 0 saturated carbocycles. The van der Waals surface area contributed by atoms with Crippen LogP contribution in [0.3, 0.4) is 0 Å². The summed E-state index contributed by atoms with van der Waals surface area (Å²) >= 11 is 1.04. The van der Waals surface area contributed by atoms with Gasteiger partial charge in [-0.25, -0.2) is 10.5 Å². The molecule has 16 heteroatoms. The fourth-order valence-corrected chi connectivity index (χ4v) is 4.32. The van der Waals surface area contributed by atoms with Crippen LogP contribution in [-0.2, 0) is 28.9 Å². The van der Waals surface area contributed by atoms with Crippen LogP contribution in [0.5, 0.6) is 5.75 Å². The van der Waals surface area contributed by atoms with Gasteiger partial charge in [-0.1, -0.05) is 10.1 Å². The average Bonchev–Trinajstić information content (AvgIpc) is 2.79. The molecule has 0 aromatic heterocycles. The van der Waals surface area contributed by atoms with Crippen molar-refractivity contribution in [3.05, 3.63) is 42.5 Å². The zero-order chi connectivity index (χ0) is 24.9. The van der Waals surface area contributed by atoms with Crippen LogP contribution in [0, 0.1) is 0 Å². The Morgan fingerprint density at radius 3 is 2.29 bits per heavy atom. The monoisotopic (exact) mass is 531 g/mol. The zero-order valence-corrected chi connectivity index (χ0v) is 19.8. The Balaban J connectivity index is 2.15. The predicted molar refractivity (Wildman–Crippen MR) is 122 cm³/mol. The molecule has 0 radical (unpaired) electrons. The summed E-state index contributed by atoms with van der Waals surface area (Å²) in [5.41, 5.74) is 0.394. The third kappa shape index (κ3) is 6.13. The molecule has 3 aromatic carbocycles. The maximum absolute atomic E-state index is 11.8. The molecule has 3 aromatic rings. The number of fused-ring (bicyclic) bond motifs is 1. The number of hydrogen-bond donors (Lipinski definition) is 4. The fourth-order valence-electron chi connectivity index (χ4n) is 2.83. The standard InChI is InChI=1S/C18H17N3O10S3/c1-21(2)11-3-5-13-10(7-11)8-15(33-31-29-24)17(18(13)22)20-19-14-9-12(32-30-28-23)4-6-16(14)34(25,26)27/h3-9,22-24H,1-2H3,(H,25,26,27). The van der Waals surface area contributed by atoms with Gasteiger partial charge in [-0.3, -0.25) is 4.55 Å². The fraction of sp³-hybridized carbons (Fsp3) is 0.111. The van der Waals surface area contributed by atoms with Gasteiger partial charge in [-0.15, -0.1) is 18.9 Å². The van der Waals surface area contributed by atoms with Crippen molar-refractivity contribution in [1.29, 1.82) is 0 Å². The highest BCUT2D eigenvalue weighted by molar-refractivity contribution is 7.95. The number of rotatable bonds is 10. The Labute approximate surface area is 201 Å². The predicted octanol–water partition coefficient (Wildman–Crippen LogP) is 5.13. The van der Waals surface area contributed by atoms with Gasteiger partial charge in [0.25, 0.3) is 10.1 Å². The topological polar surface area (TPSA) is 180 Å². The average molecular weight is 532 g/mol.